The van der Waals surface area contributed by atoms with Gasteiger partial charge >= 0.3 is 5.97 Å². The fourth-order valence-corrected chi connectivity index (χ4v) is 1.98. The van der Waals surface area contributed by atoms with E-state index >= 15 is 0 Å². The lowest BCUT2D eigenvalue weighted by Gasteiger charge is -2.20. The molecule has 0 aliphatic rings. The molecule has 0 bridgehead atoms. The highest BCUT2D eigenvalue weighted by molar-refractivity contribution is 5.71. The Morgan fingerprint density at radius 1 is 0.842 bits per heavy atom. The SMILES string of the molecule is CCCCCCOC(=O)CN(CCCC)CCCC. The van der Waals surface area contributed by atoms with Gasteiger partial charge in [0.25, 0.3) is 0 Å². The van der Waals surface area contributed by atoms with Gasteiger partial charge in [-0.25, -0.2) is 0 Å². The van der Waals surface area contributed by atoms with E-state index in [1.165, 1.54) is 32.1 Å². The summed E-state index contributed by atoms with van der Waals surface area (Å²) in [6.45, 7) is 9.64. The highest BCUT2D eigenvalue weighted by Gasteiger charge is 2.10. The van der Waals surface area contributed by atoms with Crippen molar-refractivity contribution in [1.29, 1.82) is 0 Å². The van der Waals surface area contributed by atoms with Crippen LogP contribution in [0.4, 0.5) is 0 Å². The summed E-state index contributed by atoms with van der Waals surface area (Å²) in [5, 5.41) is 0. The zero-order valence-corrected chi connectivity index (χ0v) is 13.2. The van der Waals surface area contributed by atoms with Gasteiger partial charge in [0.1, 0.15) is 0 Å². The van der Waals surface area contributed by atoms with E-state index < -0.39 is 0 Å². The van der Waals surface area contributed by atoms with Crippen molar-refractivity contribution in [2.75, 3.05) is 26.2 Å². The molecule has 3 nitrogen and oxygen atoms in total. The van der Waals surface area contributed by atoms with Crippen molar-refractivity contribution in [1.82, 2.24) is 4.90 Å². The van der Waals surface area contributed by atoms with E-state index in [9.17, 15) is 4.79 Å². The van der Waals surface area contributed by atoms with Crippen molar-refractivity contribution in [2.45, 2.75) is 72.1 Å². The van der Waals surface area contributed by atoms with Gasteiger partial charge in [-0.1, -0.05) is 52.9 Å². The highest BCUT2D eigenvalue weighted by Crippen LogP contribution is 2.02. The maximum atomic E-state index is 11.7. The molecule has 3 heteroatoms. The van der Waals surface area contributed by atoms with Crippen molar-refractivity contribution in [3.63, 3.8) is 0 Å². The number of esters is 1. The van der Waals surface area contributed by atoms with Crippen LogP contribution >= 0.6 is 0 Å². The molecular formula is C16H33NO2. The topological polar surface area (TPSA) is 29.5 Å². The van der Waals surface area contributed by atoms with Crippen LogP contribution < -0.4 is 0 Å². The molecule has 0 saturated heterocycles. The third-order valence-electron chi connectivity index (χ3n) is 3.27. The van der Waals surface area contributed by atoms with Crippen LogP contribution in [0.2, 0.25) is 0 Å². The van der Waals surface area contributed by atoms with E-state index in [4.69, 9.17) is 4.74 Å². The number of hydrogen-bond acceptors (Lipinski definition) is 3. The van der Waals surface area contributed by atoms with Crippen LogP contribution in [0.3, 0.4) is 0 Å². The zero-order valence-electron chi connectivity index (χ0n) is 13.2. The van der Waals surface area contributed by atoms with E-state index in [2.05, 4.69) is 25.7 Å². The Kier molecular flexibility index (Phi) is 13.4. The average Bonchev–Trinajstić information content (AvgIpc) is 2.41. The van der Waals surface area contributed by atoms with Crippen molar-refractivity contribution in [3.8, 4) is 0 Å². The molecule has 0 spiro atoms. The summed E-state index contributed by atoms with van der Waals surface area (Å²) in [6, 6.07) is 0. The number of carbonyl (C=O) groups excluding carboxylic acids is 1. The zero-order chi connectivity index (χ0) is 14.3. The first-order valence-corrected chi connectivity index (χ1v) is 8.12. The first-order valence-electron chi connectivity index (χ1n) is 8.12. The molecular weight excluding hydrogens is 238 g/mol. The van der Waals surface area contributed by atoms with Gasteiger partial charge in [-0.2, -0.15) is 0 Å². The van der Waals surface area contributed by atoms with Gasteiger partial charge in [0, 0.05) is 0 Å². The summed E-state index contributed by atoms with van der Waals surface area (Å²) in [5.74, 6) is -0.0521. The van der Waals surface area contributed by atoms with Gasteiger partial charge in [-0.05, 0) is 32.4 Å². The molecule has 0 rings (SSSR count). The number of ether oxygens (including phenoxy) is 1. The molecule has 0 aromatic rings. The maximum Gasteiger partial charge on any atom is 0.320 e. The fourth-order valence-electron chi connectivity index (χ4n) is 1.98. The highest BCUT2D eigenvalue weighted by atomic mass is 16.5. The second-order valence-electron chi connectivity index (χ2n) is 5.26. The third kappa shape index (κ3) is 12.2. The maximum absolute atomic E-state index is 11.7. The van der Waals surface area contributed by atoms with Crippen molar-refractivity contribution in [3.05, 3.63) is 0 Å². The molecule has 0 atom stereocenters. The quantitative estimate of drug-likeness (QED) is 0.374. The Hall–Kier alpha value is -0.570. The van der Waals surface area contributed by atoms with Gasteiger partial charge in [0.2, 0.25) is 0 Å². The Bertz CT molecular complexity index is 199. The molecule has 19 heavy (non-hydrogen) atoms. The molecule has 0 heterocycles. The molecule has 0 aromatic carbocycles. The van der Waals surface area contributed by atoms with E-state index in [0.717, 1.165) is 32.4 Å². The standard InChI is InChI=1S/C16H33NO2/c1-4-7-10-11-14-19-16(18)15-17(12-8-5-2)13-9-6-3/h4-15H2,1-3H3. The number of unbranched alkanes of at least 4 members (excludes halogenated alkanes) is 5. The summed E-state index contributed by atoms with van der Waals surface area (Å²) in [5.41, 5.74) is 0. The van der Waals surface area contributed by atoms with Gasteiger partial charge < -0.3 is 4.74 Å². The van der Waals surface area contributed by atoms with Crippen LogP contribution in [0.15, 0.2) is 0 Å². The van der Waals surface area contributed by atoms with Crippen LogP contribution in [0.1, 0.15) is 72.1 Å². The van der Waals surface area contributed by atoms with Crippen LogP contribution in [0.5, 0.6) is 0 Å². The van der Waals surface area contributed by atoms with Crippen molar-refractivity contribution in [2.24, 2.45) is 0 Å². The predicted octanol–water partition coefficient (Wildman–Crippen LogP) is 4.01. The number of carbonyl (C=O) groups is 1. The van der Waals surface area contributed by atoms with Crippen LogP contribution in [-0.4, -0.2) is 37.1 Å². The molecule has 0 unspecified atom stereocenters. The minimum absolute atomic E-state index is 0.0521. The third-order valence-corrected chi connectivity index (χ3v) is 3.27. The predicted molar refractivity (Wildman–Crippen MR) is 81.4 cm³/mol. The second kappa shape index (κ2) is 13.9. The van der Waals surface area contributed by atoms with Crippen molar-refractivity contribution >= 4 is 5.97 Å². The first kappa shape index (κ1) is 18.4. The van der Waals surface area contributed by atoms with Gasteiger partial charge in [0.05, 0.1) is 13.2 Å². The van der Waals surface area contributed by atoms with Crippen molar-refractivity contribution < 1.29 is 9.53 Å². The summed E-state index contributed by atoms with van der Waals surface area (Å²) >= 11 is 0. The van der Waals surface area contributed by atoms with Crippen LogP contribution in [-0.2, 0) is 9.53 Å². The van der Waals surface area contributed by atoms with E-state index in [1.807, 2.05) is 0 Å². The van der Waals surface area contributed by atoms with Gasteiger partial charge in [0.15, 0.2) is 0 Å². The Balaban J connectivity index is 3.74. The smallest absolute Gasteiger partial charge is 0.320 e. The molecule has 0 radical (unpaired) electrons. The summed E-state index contributed by atoms with van der Waals surface area (Å²) in [7, 11) is 0. The molecule has 114 valence electrons. The number of rotatable bonds is 13. The minimum atomic E-state index is -0.0521. The second-order valence-corrected chi connectivity index (χ2v) is 5.26. The van der Waals surface area contributed by atoms with Gasteiger partial charge in [-0.15, -0.1) is 0 Å². The normalized spacial score (nSPS) is 10.9. The largest absolute Gasteiger partial charge is 0.465 e. The van der Waals surface area contributed by atoms with Crippen LogP contribution in [0, 0.1) is 0 Å². The van der Waals surface area contributed by atoms with E-state index in [0.29, 0.717) is 13.2 Å². The summed E-state index contributed by atoms with van der Waals surface area (Å²) in [6.07, 6.45) is 9.29. The molecule has 0 N–H and O–H groups in total. The van der Waals surface area contributed by atoms with E-state index in [1.54, 1.807) is 0 Å². The molecule has 0 aliphatic heterocycles. The lowest BCUT2D eigenvalue weighted by molar-refractivity contribution is -0.145. The van der Waals surface area contributed by atoms with Crippen LogP contribution in [0.25, 0.3) is 0 Å². The first-order chi connectivity index (χ1) is 9.24. The summed E-state index contributed by atoms with van der Waals surface area (Å²) in [4.78, 5) is 14.0. The molecule has 0 amide bonds. The Morgan fingerprint density at radius 2 is 1.42 bits per heavy atom. The number of nitrogens with zero attached hydrogens (tertiary/aromatic N) is 1. The molecule has 0 aromatic heterocycles. The fraction of sp³-hybridized carbons (Fsp3) is 0.938. The minimum Gasteiger partial charge on any atom is -0.465 e. The lowest BCUT2D eigenvalue weighted by atomic mass is 10.2. The van der Waals surface area contributed by atoms with Gasteiger partial charge in [-0.3, -0.25) is 9.69 Å². The Morgan fingerprint density at radius 3 is 1.95 bits per heavy atom. The van der Waals surface area contributed by atoms with E-state index in [-0.39, 0.29) is 5.97 Å². The monoisotopic (exact) mass is 271 g/mol. The number of hydrogen-bond donors (Lipinski definition) is 0. The lowest BCUT2D eigenvalue weighted by Crippen LogP contribution is -2.33. The Labute approximate surface area is 119 Å². The summed E-state index contributed by atoms with van der Waals surface area (Å²) < 4.78 is 5.30. The molecule has 0 aliphatic carbocycles. The average molecular weight is 271 g/mol. The molecule has 0 fully saturated rings. The molecule has 0 saturated carbocycles.